The highest BCUT2D eigenvalue weighted by atomic mass is 16.5. The molecular formula is C36H30N8O2. The molecule has 6 aromatic rings. The van der Waals surface area contributed by atoms with Crippen LogP contribution >= 0.6 is 0 Å². The number of hydrogen-bond acceptors (Lipinski definition) is 10. The average Bonchev–Trinajstić information content (AvgIpc) is 3.62. The zero-order chi connectivity index (χ0) is 31.0. The van der Waals surface area contributed by atoms with Gasteiger partial charge in [-0.15, -0.1) is 0 Å². The van der Waals surface area contributed by atoms with E-state index in [1.165, 1.54) is 11.4 Å². The Bertz CT molecular complexity index is 1910. The zero-order valence-electron chi connectivity index (χ0n) is 25.4. The molecule has 226 valence electrons. The van der Waals surface area contributed by atoms with Crippen LogP contribution in [0.15, 0.2) is 122 Å². The molecule has 0 N–H and O–H groups in total. The molecule has 0 radical (unpaired) electrons. The molecule has 2 aliphatic rings. The van der Waals surface area contributed by atoms with Gasteiger partial charge in [0.2, 0.25) is 0 Å². The molecule has 0 unspecified atom stereocenters. The van der Waals surface area contributed by atoms with Crippen molar-refractivity contribution in [3.05, 3.63) is 122 Å². The third kappa shape index (κ3) is 5.15. The Morgan fingerprint density at radius 2 is 0.935 bits per heavy atom. The van der Waals surface area contributed by atoms with E-state index in [0.29, 0.717) is 34.4 Å². The third-order valence-corrected chi connectivity index (χ3v) is 8.09. The Balaban J connectivity index is 0.997. The molecule has 0 atom stereocenters. The van der Waals surface area contributed by atoms with Crippen LogP contribution in [0.5, 0.6) is 23.0 Å². The fraction of sp³-hybridized carbons (Fsp3) is 0.111. The van der Waals surface area contributed by atoms with Crippen molar-refractivity contribution in [3.8, 4) is 34.4 Å². The maximum atomic E-state index is 6.26. The predicted molar refractivity (Wildman–Crippen MR) is 180 cm³/mol. The van der Waals surface area contributed by atoms with E-state index in [2.05, 4.69) is 90.0 Å². The minimum atomic E-state index is 0.628. The number of nitrogens with zero attached hydrogens (tertiary/aromatic N) is 8. The molecule has 8 rings (SSSR count). The molecule has 6 heterocycles. The number of benzene rings is 2. The number of rotatable bonds is 7. The van der Waals surface area contributed by atoms with Gasteiger partial charge < -0.3 is 29.1 Å². The highest BCUT2D eigenvalue weighted by Gasteiger charge is 2.25. The van der Waals surface area contributed by atoms with Gasteiger partial charge in [0.25, 0.3) is 0 Å². The molecule has 0 spiro atoms. The molecule has 0 saturated heterocycles. The maximum absolute atomic E-state index is 6.26. The quantitative estimate of drug-likeness (QED) is 0.181. The Morgan fingerprint density at radius 1 is 0.500 bits per heavy atom. The minimum absolute atomic E-state index is 0.628. The van der Waals surface area contributed by atoms with Gasteiger partial charge in [-0.1, -0.05) is 24.3 Å². The first kappa shape index (κ1) is 27.4. The van der Waals surface area contributed by atoms with Crippen molar-refractivity contribution in [2.45, 2.75) is 0 Å². The first-order valence-corrected chi connectivity index (χ1v) is 14.9. The first-order valence-electron chi connectivity index (χ1n) is 14.9. The highest BCUT2D eigenvalue weighted by molar-refractivity contribution is 5.83. The Hall–Kier alpha value is -6.16. The van der Waals surface area contributed by atoms with Crippen LogP contribution in [0, 0.1) is 0 Å². The summed E-state index contributed by atoms with van der Waals surface area (Å²) >= 11 is 0. The smallest absolute Gasteiger partial charge is 0.147 e. The van der Waals surface area contributed by atoms with Gasteiger partial charge in [0, 0.05) is 50.8 Å². The van der Waals surface area contributed by atoms with Crippen molar-refractivity contribution >= 4 is 34.1 Å². The standard InChI is InChI=1S/C36H30N8O2/c1-41-23-43(35-9-5-3-7-33(35)41)25-15-29(21-37-19-25)45-27-11-13-39-31(17-27)32-18-28(12-14-40-32)46-30-16-26(20-38-22-30)44-24-42(2)34-8-4-6-10-36(34)44/h3-22H,23-24H2,1-2H3. The molecule has 10 nitrogen and oxygen atoms in total. The van der Waals surface area contributed by atoms with Crippen LogP contribution in [0.1, 0.15) is 0 Å². The summed E-state index contributed by atoms with van der Waals surface area (Å²) in [6.07, 6.45) is 10.5. The second kappa shape index (κ2) is 11.4. The lowest BCUT2D eigenvalue weighted by Gasteiger charge is -2.19. The molecule has 10 heteroatoms. The lowest BCUT2D eigenvalue weighted by atomic mass is 10.2. The van der Waals surface area contributed by atoms with Crippen LogP contribution in [0.3, 0.4) is 0 Å². The van der Waals surface area contributed by atoms with Crippen LogP contribution in [0.25, 0.3) is 11.4 Å². The summed E-state index contributed by atoms with van der Waals surface area (Å²) in [7, 11) is 4.17. The lowest BCUT2D eigenvalue weighted by molar-refractivity contribution is 0.478. The monoisotopic (exact) mass is 606 g/mol. The molecule has 0 saturated carbocycles. The number of ether oxygens (including phenoxy) is 2. The normalized spacial score (nSPS) is 13.5. The summed E-state index contributed by atoms with van der Waals surface area (Å²) in [5.74, 6) is 2.52. The number of anilines is 6. The molecule has 46 heavy (non-hydrogen) atoms. The molecule has 4 aromatic heterocycles. The summed E-state index contributed by atoms with van der Waals surface area (Å²) in [5.41, 5.74) is 7.86. The van der Waals surface area contributed by atoms with Crippen molar-refractivity contribution in [2.75, 3.05) is 47.0 Å². The Morgan fingerprint density at radius 3 is 1.39 bits per heavy atom. The summed E-state index contributed by atoms with van der Waals surface area (Å²) in [6.45, 7) is 1.47. The number of hydrogen-bond donors (Lipinski definition) is 0. The number of fused-ring (bicyclic) bond motifs is 2. The van der Waals surface area contributed by atoms with E-state index in [1.54, 1.807) is 24.8 Å². The number of pyridine rings is 4. The SMILES string of the molecule is CN1CN(c2cncc(Oc3ccnc(-c4cc(Oc5cncc(N6CN(C)c7ccccc76)c5)ccn4)c3)c2)c2ccccc21. The zero-order valence-corrected chi connectivity index (χ0v) is 25.4. The van der Waals surface area contributed by atoms with Gasteiger partial charge in [-0.2, -0.15) is 0 Å². The van der Waals surface area contributed by atoms with Crippen LogP contribution in [0.4, 0.5) is 34.1 Å². The van der Waals surface area contributed by atoms with Crippen molar-refractivity contribution in [2.24, 2.45) is 0 Å². The topological polar surface area (TPSA) is 83.0 Å². The number of aromatic nitrogens is 4. The van der Waals surface area contributed by atoms with Crippen molar-refractivity contribution in [1.29, 1.82) is 0 Å². The van der Waals surface area contributed by atoms with Crippen LogP contribution in [0.2, 0.25) is 0 Å². The van der Waals surface area contributed by atoms with E-state index in [4.69, 9.17) is 9.47 Å². The summed E-state index contributed by atoms with van der Waals surface area (Å²) in [5, 5.41) is 0. The van der Waals surface area contributed by atoms with E-state index in [0.717, 1.165) is 36.1 Å². The minimum Gasteiger partial charge on any atom is -0.456 e. The Kier molecular flexibility index (Phi) is 6.79. The van der Waals surface area contributed by atoms with Crippen molar-refractivity contribution in [1.82, 2.24) is 19.9 Å². The molecular weight excluding hydrogens is 576 g/mol. The van der Waals surface area contributed by atoms with Crippen LogP contribution in [-0.4, -0.2) is 47.4 Å². The van der Waals surface area contributed by atoms with Gasteiger partial charge in [0.15, 0.2) is 0 Å². The summed E-state index contributed by atoms with van der Waals surface area (Å²) in [6, 6.07) is 28.0. The first-order chi connectivity index (χ1) is 22.6. The molecule has 2 aliphatic heterocycles. The lowest BCUT2D eigenvalue weighted by Crippen LogP contribution is -2.24. The fourth-order valence-electron chi connectivity index (χ4n) is 5.92. The fourth-order valence-corrected chi connectivity index (χ4v) is 5.92. The van der Waals surface area contributed by atoms with Gasteiger partial charge >= 0.3 is 0 Å². The Labute approximate surface area is 266 Å². The predicted octanol–water partition coefficient (Wildman–Crippen LogP) is 7.61. The second-order valence-corrected chi connectivity index (χ2v) is 11.2. The molecule has 0 bridgehead atoms. The van der Waals surface area contributed by atoms with Crippen LogP contribution < -0.4 is 29.1 Å². The third-order valence-electron chi connectivity index (χ3n) is 8.09. The second-order valence-electron chi connectivity index (χ2n) is 11.2. The number of para-hydroxylation sites is 4. The largest absolute Gasteiger partial charge is 0.456 e. The van der Waals surface area contributed by atoms with Gasteiger partial charge in [0.05, 0.1) is 83.6 Å². The van der Waals surface area contributed by atoms with Gasteiger partial charge in [-0.25, -0.2) is 0 Å². The summed E-state index contributed by atoms with van der Waals surface area (Å²) < 4.78 is 12.5. The van der Waals surface area contributed by atoms with Gasteiger partial charge in [-0.3, -0.25) is 19.9 Å². The van der Waals surface area contributed by atoms with E-state index < -0.39 is 0 Å². The molecule has 0 amide bonds. The van der Waals surface area contributed by atoms with E-state index in [-0.39, 0.29) is 0 Å². The highest BCUT2D eigenvalue weighted by Crippen LogP contribution is 2.42. The molecule has 0 aliphatic carbocycles. The molecule has 0 fully saturated rings. The van der Waals surface area contributed by atoms with Crippen molar-refractivity contribution < 1.29 is 9.47 Å². The van der Waals surface area contributed by atoms with Gasteiger partial charge in [-0.05, 0) is 36.4 Å². The average molecular weight is 607 g/mol. The van der Waals surface area contributed by atoms with E-state index >= 15 is 0 Å². The maximum Gasteiger partial charge on any atom is 0.147 e. The van der Waals surface area contributed by atoms with Gasteiger partial charge in [0.1, 0.15) is 23.0 Å². The van der Waals surface area contributed by atoms with Crippen molar-refractivity contribution in [3.63, 3.8) is 0 Å². The van der Waals surface area contributed by atoms with Crippen LogP contribution in [-0.2, 0) is 0 Å². The van der Waals surface area contributed by atoms with E-state index in [9.17, 15) is 0 Å². The summed E-state index contributed by atoms with van der Waals surface area (Å²) in [4.78, 5) is 26.9. The van der Waals surface area contributed by atoms with E-state index in [1.807, 2.05) is 60.9 Å². The molecule has 2 aromatic carbocycles.